The lowest BCUT2D eigenvalue weighted by atomic mass is 10.0. The van der Waals surface area contributed by atoms with Gasteiger partial charge in [-0.15, -0.1) is 0 Å². The fraction of sp³-hybridized carbons (Fsp3) is 0.647. The average Bonchev–Trinajstić information content (AvgIpc) is 3.24. The molecule has 1 heterocycles. The van der Waals surface area contributed by atoms with Crippen molar-refractivity contribution in [3.8, 4) is 0 Å². The highest BCUT2D eigenvalue weighted by molar-refractivity contribution is 5.26. The molecule has 1 saturated heterocycles. The number of aliphatic hydroxyl groups is 1. The summed E-state index contributed by atoms with van der Waals surface area (Å²) >= 11 is 0. The molecule has 1 aliphatic heterocycles. The van der Waals surface area contributed by atoms with E-state index in [1.54, 1.807) is 0 Å². The molecule has 0 aromatic heterocycles. The van der Waals surface area contributed by atoms with Crippen molar-refractivity contribution in [1.82, 2.24) is 4.90 Å². The van der Waals surface area contributed by atoms with Gasteiger partial charge in [0.15, 0.2) is 0 Å². The van der Waals surface area contributed by atoms with Crippen LogP contribution in [0.25, 0.3) is 0 Å². The van der Waals surface area contributed by atoms with Crippen molar-refractivity contribution in [1.29, 1.82) is 0 Å². The van der Waals surface area contributed by atoms with E-state index in [2.05, 4.69) is 4.90 Å². The van der Waals surface area contributed by atoms with Gasteiger partial charge in [-0.05, 0) is 42.9 Å². The highest BCUT2D eigenvalue weighted by Gasteiger charge is 2.33. The molecular formula is C17H22F3NO2. The van der Waals surface area contributed by atoms with E-state index in [0.29, 0.717) is 24.1 Å². The summed E-state index contributed by atoms with van der Waals surface area (Å²) in [6.45, 7) is 2.92. The zero-order chi connectivity index (χ0) is 16.4. The van der Waals surface area contributed by atoms with Crippen LogP contribution in [0.2, 0.25) is 0 Å². The Hall–Kier alpha value is -1.11. The molecule has 2 aliphatic rings. The van der Waals surface area contributed by atoms with Gasteiger partial charge >= 0.3 is 6.18 Å². The van der Waals surface area contributed by atoms with E-state index in [1.807, 2.05) is 0 Å². The average molecular weight is 329 g/mol. The highest BCUT2D eigenvalue weighted by Crippen LogP contribution is 2.32. The lowest BCUT2D eigenvalue weighted by Crippen LogP contribution is -2.35. The molecule has 0 radical (unpaired) electrons. The Morgan fingerprint density at radius 2 is 1.87 bits per heavy atom. The third-order valence-electron chi connectivity index (χ3n) is 4.61. The van der Waals surface area contributed by atoms with Crippen molar-refractivity contribution in [2.45, 2.75) is 37.6 Å². The summed E-state index contributed by atoms with van der Waals surface area (Å²) in [6, 6.07) is 5.31. The largest absolute Gasteiger partial charge is 0.416 e. The van der Waals surface area contributed by atoms with Crippen molar-refractivity contribution in [2.75, 3.05) is 26.3 Å². The molecule has 2 fully saturated rings. The first-order valence-corrected chi connectivity index (χ1v) is 8.10. The first-order chi connectivity index (χ1) is 10.9. The first-order valence-electron chi connectivity index (χ1n) is 8.10. The number of aliphatic hydroxyl groups excluding tert-OH is 1. The summed E-state index contributed by atoms with van der Waals surface area (Å²) in [5, 5.41) is 10.4. The van der Waals surface area contributed by atoms with Crippen molar-refractivity contribution < 1.29 is 23.0 Å². The molecule has 3 nitrogen and oxygen atoms in total. The Labute approximate surface area is 134 Å². The summed E-state index contributed by atoms with van der Waals surface area (Å²) in [6.07, 6.45) is -1.80. The first kappa shape index (κ1) is 16.7. The fourth-order valence-electron chi connectivity index (χ4n) is 3.09. The zero-order valence-corrected chi connectivity index (χ0v) is 12.9. The topological polar surface area (TPSA) is 32.7 Å². The Kier molecular flexibility index (Phi) is 4.94. The van der Waals surface area contributed by atoms with E-state index in [-0.39, 0.29) is 0 Å². The maximum absolute atomic E-state index is 12.6. The second kappa shape index (κ2) is 6.79. The molecule has 0 amide bonds. The molecule has 0 spiro atoms. The minimum Gasteiger partial charge on any atom is -0.387 e. The van der Waals surface area contributed by atoms with Gasteiger partial charge in [-0.1, -0.05) is 12.1 Å². The predicted molar refractivity (Wildman–Crippen MR) is 79.9 cm³/mol. The summed E-state index contributed by atoms with van der Waals surface area (Å²) in [7, 11) is 0. The van der Waals surface area contributed by atoms with Gasteiger partial charge in [0.05, 0.1) is 18.3 Å². The Morgan fingerprint density at radius 3 is 2.39 bits per heavy atom. The van der Waals surface area contributed by atoms with Gasteiger partial charge in [0.2, 0.25) is 0 Å². The summed E-state index contributed by atoms with van der Waals surface area (Å²) in [4.78, 5) is 2.27. The van der Waals surface area contributed by atoms with Gasteiger partial charge in [0.25, 0.3) is 0 Å². The van der Waals surface area contributed by atoms with Gasteiger partial charge in [-0.2, -0.15) is 13.2 Å². The van der Waals surface area contributed by atoms with Gasteiger partial charge in [-0.3, -0.25) is 4.90 Å². The van der Waals surface area contributed by atoms with E-state index in [1.165, 1.54) is 12.1 Å². The quantitative estimate of drug-likeness (QED) is 0.870. The normalized spacial score (nSPS) is 23.4. The van der Waals surface area contributed by atoms with Crippen LogP contribution in [0.4, 0.5) is 13.2 Å². The number of nitrogens with zero attached hydrogens (tertiary/aromatic N) is 1. The van der Waals surface area contributed by atoms with Crippen LogP contribution in [0.1, 0.15) is 36.5 Å². The summed E-state index contributed by atoms with van der Waals surface area (Å²) < 4.78 is 43.2. The number of hydrogen-bond donors (Lipinski definition) is 1. The molecule has 1 saturated carbocycles. The monoisotopic (exact) mass is 329 g/mol. The predicted octanol–water partition coefficient (Wildman–Crippen LogP) is 3.24. The molecule has 0 bridgehead atoms. The second-order valence-electron chi connectivity index (χ2n) is 6.55. The zero-order valence-electron chi connectivity index (χ0n) is 12.9. The fourth-order valence-corrected chi connectivity index (χ4v) is 3.09. The van der Waals surface area contributed by atoms with Crippen LogP contribution < -0.4 is 0 Å². The number of halogens is 3. The number of ether oxygens (including phenoxy) is 1. The lowest BCUT2D eigenvalue weighted by molar-refractivity contribution is -0.137. The number of benzene rings is 1. The third kappa shape index (κ3) is 4.46. The molecule has 1 aromatic rings. The Bertz CT molecular complexity index is 508. The second-order valence-corrected chi connectivity index (χ2v) is 6.55. The third-order valence-corrected chi connectivity index (χ3v) is 4.61. The minimum atomic E-state index is -4.34. The lowest BCUT2D eigenvalue weighted by Gasteiger charge is -2.27. The SMILES string of the molecule is O[C@H](CN(C[C@H]1CCOC1)C1CC1)c1ccc(C(F)(F)F)cc1. The van der Waals surface area contributed by atoms with Crippen LogP contribution in [0, 0.1) is 5.92 Å². The van der Waals surface area contributed by atoms with Crippen molar-refractivity contribution in [2.24, 2.45) is 5.92 Å². The standard InChI is InChI=1S/C17H22F3NO2/c18-17(19,20)14-3-1-13(2-4-14)16(22)10-21(15-5-6-15)9-12-7-8-23-11-12/h1-4,12,15-16,22H,5-11H2/t12-,16-/m1/s1. The Morgan fingerprint density at radius 1 is 1.17 bits per heavy atom. The number of alkyl halides is 3. The molecule has 23 heavy (non-hydrogen) atoms. The molecule has 3 rings (SSSR count). The van der Waals surface area contributed by atoms with Crippen LogP contribution in [-0.4, -0.2) is 42.4 Å². The van der Waals surface area contributed by atoms with Crippen molar-refractivity contribution >= 4 is 0 Å². The van der Waals surface area contributed by atoms with Gasteiger partial charge < -0.3 is 9.84 Å². The molecule has 1 aliphatic carbocycles. The molecule has 1 N–H and O–H groups in total. The van der Waals surface area contributed by atoms with Crippen molar-refractivity contribution in [3.05, 3.63) is 35.4 Å². The molecule has 1 aromatic carbocycles. The maximum atomic E-state index is 12.6. The molecule has 6 heteroatoms. The summed E-state index contributed by atoms with van der Waals surface area (Å²) in [5.74, 6) is 0.496. The number of rotatable bonds is 6. The Balaban J connectivity index is 1.60. The summed E-state index contributed by atoms with van der Waals surface area (Å²) in [5.41, 5.74) is -0.151. The van der Waals surface area contributed by atoms with Gasteiger partial charge in [0.1, 0.15) is 0 Å². The van der Waals surface area contributed by atoms with E-state index in [4.69, 9.17) is 4.74 Å². The molecular weight excluding hydrogens is 307 g/mol. The van der Waals surface area contributed by atoms with Crippen LogP contribution in [0.5, 0.6) is 0 Å². The van der Waals surface area contributed by atoms with Gasteiger partial charge in [-0.25, -0.2) is 0 Å². The molecule has 0 unspecified atom stereocenters. The highest BCUT2D eigenvalue weighted by atomic mass is 19.4. The number of hydrogen-bond acceptors (Lipinski definition) is 3. The van der Waals surface area contributed by atoms with E-state index >= 15 is 0 Å². The van der Waals surface area contributed by atoms with E-state index < -0.39 is 17.8 Å². The van der Waals surface area contributed by atoms with Crippen molar-refractivity contribution in [3.63, 3.8) is 0 Å². The van der Waals surface area contributed by atoms with Crippen LogP contribution in [0.15, 0.2) is 24.3 Å². The smallest absolute Gasteiger partial charge is 0.387 e. The van der Waals surface area contributed by atoms with Crippen LogP contribution in [-0.2, 0) is 10.9 Å². The molecule has 128 valence electrons. The maximum Gasteiger partial charge on any atom is 0.416 e. The molecule has 2 atom stereocenters. The minimum absolute atomic E-state index is 0.465. The van der Waals surface area contributed by atoms with Crippen LogP contribution >= 0.6 is 0 Å². The van der Waals surface area contributed by atoms with Crippen LogP contribution in [0.3, 0.4) is 0 Å². The van der Waals surface area contributed by atoms with E-state index in [9.17, 15) is 18.3 Å². The van der Waals surface area contributed by atoms with E-state index in [0.717, 1.165) is 51.2 Å². The van der Waals surface area contributed by atoms with Gasteiger partial charge in [0, 0.05) is 25.7 Å².